The first-order chi connectivity index (χ1) is 9.55. The molecule has 0 saturated heterocycles. The van der Waals surface area contributed by atoms with E-state index in [9.17, 15) is 14.4 Å². The lowest BCUT2D eigenvalue weighted by Crippen LogP contribution is -2.25. The van der Waals surface area contributed by atoms with Crippen molar-refractivity contribution in [3.8, 4) is 12.3 Å². The summed E-state index contributed by atoms with van der Waals surface area (Å²) in [5.74, 6) is 1.57. The molecule has 1 heterocycles. The van der Waals surface area contributed by atoms with E-state index in [1.807, 2.05) is 0 Å². The molecule has 1 amide bonds. The third-order valence-electron chi connectivity index (χ3n) is 2.05. The zero-order valence-corrected chi connectivity index (χ0v) is 11.6. The predicted molar refractivity (Wildman–Crippen MR) is 73.1 cm³/mol. The summed E-state index contributed by atoms with van der Waals surface area (Å²) >= 11 is 1.04. The van der Waals surface area contributed by atoms with E-state index in [-0.39, 0.29) is 35.5 Å². The number of H-pyrrole nitrogens is 1. The van der Waals surface area contributed by atoms with Crippen molar-refractivity contribution in [1.82, 2.24) is 15.3 Å². The van der Waals surface area contributed by atoms with Gasteiger partial charge in [0.25, 0.3) is 5.56 Å². The first kappa shape index (κ1) is 15.8. The minimum Gasteiger partial charge on any atom is -0.469 e. The van der Waals surface area contributed by atoms with Crippen LogP contribution in [0.4, 0.5) is 0 Å². The third-order valence-corrected chi connectivity index (χ3v) is 2.93. The van der Waals surface area contributed by atoms with Crippen LogP contribution >= 0.6 is 11.8 Å². The SMILES string of the molecule is C#CCNC(=O)CSc1nc(CC(=O)OC)cc(=O)[nH]1. The van der Waals surface area contributed by atoms with E-state index in [0.29, 0.717) is 0 Å². The number of aromatic nitrogens is 2. The zero-order chi connectivity index (χ0) is 15.0. The molecular formula is C12H13N3O4S. The van der Waals surface area contributed by atoms with Gasteiger partial charge >= 0.3 is 5.97 Å². The maximum atomic E-state index is 11.4. The molecule has 7 nitrogen and oxygen atoms in total. The van der Waals surface area contributed by atoms with Crippen LogP contribution in [0.15, 0.2) is 16.0 Å². The highest BCUT2D eigenvalue weighted by Gasteiger charge is 2.09. The molecule has 1 aromatic heterocycles. The topological polar surface area (TPSA) is 101 Å². The molecule has 0 aliphatic heterocycles. The number of carbonyl (C=O) groups excluding carboxylic acids is 2. The van der Waals surface area contributed by atoms with Crippen LogP contribution in [0.1, 0.15) is 5.69 Å². The summed E-state index contributed by atoms with van der Waals surface area (Å²) in [6, 6.07) is 1.21. The molecule has 8 heteroatoms. The van der Waals surface area contributed by atoms with E-state index in [0.717, 1.165) is 11.8 Å². The highest BCUT2D eigenvalue weighted by Crippen LogP contribution is 2.11. The van der Waals surface area contributed by atoms with Gasteiger partial charge in [0.05, 0.1) is 31.5 Å². The van der Waals surface area contributed by atoms with Gasteiger partial charge in [0.15, 0.2) is 5.16 Å². The number of methoxy groups -OCH3 is 1. The van der Waals surface area contributed by atoms with E-state index in [1.165, 1.54) is 13.2 Å². The number of nitrogens with zero attached hydrogens (tertiary/aromatic N) is 1. The Balaban J connectivity index is 2.66. The lowest BCUT2D eigenvalue weighted by atomic mass is 10.3. The molecule has 0 radical (unpaired) electrons. The van der Waals surface area contributed by atoms with E-state index < -0.39 is 11.5 Å². The summed E-state index contributed by atoms with van der Waals surface area (Å²) in [6.45, 7) is 0.145. The maximum absolute atomic E-state index is 11.4. The number of terminal acetylenes is 1. The van der Waals surface area contributed by atoms with Gasteiger partial charge in [-0.25, -0.2) is 4.98 Å². The normalized spacial score (nSPS) is 9.60. The lowest BCUT2D eigenvalue weighted by molar-refractivity contribution is -0.139. The zero-order valence-electron chi connectivity index (χ0n) is 10.8. The fraction of sp³-hybridized carbons (Fsp3) is 0.333. The maximum Gasteiger partial charge on any atom is 0.311 e. The van der Waals surface area contributed by atoms with Crippen molar-refractivity contribution in [1.29, 1.82) is 0 Å². The molecule has 106 valence electrons. The molecule has 1 rings (SSSR count). The Labute approximate surface area is 119 Å². The molecule has 0 aliphatic carbocycles. The average Bonchev–Trinajstić information content (AvgIpc) is 2.42. The van der Waals surface area contributed by atoms with Crippen molar-refractivity contribution in [2.45, 2.75) is 11.6 Å². The summed E-state index contributed by atoms with van der Waals surface area (Å²) < 4.78 is 4.50. The monoisotopic (exact) mass is 295 g/mol. The molecule has 0 atom stereocenters. The molecule has 0 aliphatic rings. The Bertz CT molecular complexity index is 591. The summed E-state index contributed by atoms with van der Waals surface area (Å²) in [5.41, 5.74) is -0.113. The molecule has 2 N–H and O–H groups in total. The van der Waals surface area contributed by atoms with Gasteiger partial charge in [-0.3, -0.25) is 14.4 Å². The molecule has 0 spiro atoms. The van der Waals surface area contributed by atoms with E-state index >= 15 is 0 Å². The van der Waals surface area contributed by atoms with Crippen molar-refractivity contribution in [2.24, 2.45) is 0 Å². The number of hydrogen-bond donors (Lipinski definition) is 2. The molecule has 1 aromatic rings. The fourth-order valence-electron chi connectivity index (χ4n) is 1.20. The standard InChI is InChI=1S/C12H13N3O4S/c1-3-4-13-10(17)7-20-12-14-8(5-9(16)15-12)6-11(18)19-2/h1,5H,4,6-7H2,2H3,(H,13,17)(H,14,15,16). The van der Waals surface area contributed by atoms with Crippen molar-refractivity contribution >= 4 is 23.6 Å². The van der Waals surface area contributed by atoms with Gasteiger partial charge in [0.2, 0.25) is 5.91 Å². The molecular weight excluding hydrogens is 282 g/mol. The number of hydrogen-bond acceptors (Lipinski definition) is 6. The second-order valence-corrected chi connectivity index (χ2v) is 4.53. The Morgan fingerprint density at radius 2 is 2.35 bits per heavy atom. The van der Waals surface area contributed by atoms with Crippen LogP contribution in [0, 0.1) is 12.3 Å². The Kier molecular flexibility index (Phi) is 6.32. The summed E-state index contributed by atoms with van der Waals surface area (Å²) in [6.07, 6.45) is 4.91. The van der Waals surface area contributed by atoms with Crippen molar-refractivity contribution < 1.29 is 14.3 Å². The van der Waals surface area contributed by atoms with Crippen molar-refractivity contribution in [2.75, 3.05) is 19.4 Å². The van der Waals surface area contributed by atoms with E-state index in [2.05, 4.69) is 25.9 Å². The number of esters is 1. The molecule has 0 aromatic carbocycles. The highest BCUT2D eigenvalue weighted by molar-refractivity contribution is 7.99. The Morgan fingerprint density at radius 1 is 1.60 bits per heavy atom. The average molecular weight is 295 g/mol. The van der Waals surface area contributed by atoms with Gasteiger partial charge in [-0.1, -0.05) is 17.7 Å². The van der Waals surface area contributed by atoms with E-state index in [4.69, 9.17) is 6.42 Å². The number of amides is 1. The Morgan fingerprint density at radius 3 is 3.00 bits per heavy atom. The third kappa shape index (κ3) is 5.58. The lowest BCUT2D eigenvalue weighted by Gasteiger charge is -2.03. The highest BCUT2D eigenvalue weighted by atomic mass is 32.2. The van der Waals surface area contributed by atoms with Crippen molar-refractivity contribution in [3.63, 3.8) is 0 Å². The van der Waals surface area contributed by atoms with Crippen LogP contribution in [-0.4, -0.2) is 41.3 Å². The van der Waals surface area contributed by atoms with E-state index in [1.54, 1.807) is 0 Å². The van der Waals surface area contributed by atoms with Gasteiger partial charge in [-0.2, -0.15) is 0 Å². The van der Waals surface area contributed by atoms with Crippen molar-refractivity contribution in [3.05, 3.63) is 22.1 Å². The number of thioether (sulfide) groups is 1. The van der Waals surface area contributed by atoms with Crippen LogP contribution < -0.4 is 10.9 Å². The van der Waals surface area contributed by atoms with Gasteiger partial charge in [-0.05, 0) is 0 Å². The minimum absolute atomic E-state index is 0.0618. The second kappa shape index (κ2) is 8.01. The molecule has 0 saturated carbocycles. The Hall–Kier alpha value is -2.27. The quantitative estimate of drug-likeness (QED) is 0.312. The van der Waals surface area contributed by atoms with Gasteiger partial charge < -0.3 is 15.0 Å². The molecule has 0 unspecified atom stereocenters. The largest absolute Gasteiger partial charge is 0.469 e. The van der Waals surface area contributed by atoms with Crippen LogP contribution in [0.25, 0.3) is 0 Å². The number of ether oxygens (including phenoxy) is 1. The molecule has 0 bridgehead atoms. The van der Waals surface area contributed by atoms with Crippen LogP contribution in [0.2, 0.25) is 0 Å². The van der Waals surface area contributed by atoms with Gasteiger partial charge in [0.1, 0.15) is 0 Å². The van der Waals surface area contributed by atoms with Crippen LogP contribution in [0.5, 0.6) is 0 Å². The predicted octanol–water partition coefficient (Wildman–Crippen LogP) is -0.673. The summed E-state index contributed by atoms with van der Waals surface area (Å²) in [5, 5.41) is 2.74. The smallest absolute Gasteiger partial charge is 0.311 e. The summed E-state index contributed by atoms with van der Waals surface area (Å²) in [4.78, 5) is 40.4. The second-order valence-electron chi connectivity index (χ2n) is 3.56. The van der Waals surface area contributed by atoms with Crippen LogP contribution in [0.3, 0.4) is 0 Å². The first-order valence-corrected chi connectivity index (χ1v) is 6.53. The number of nitrogens with one attached hydrogen (secondary N) is 2. The number of carbonyl (C=O) groups is 2. The molecule has 0 fully saturated rings. The van der Waals surface area contributed by atoms with Gasteiger partial charge in [0, 0.05) is 6.07 Å². The number of rotatable bonds is 6. The fourth-order valence-corrected chi connectivity index (χ4v) is 1.92. The number of aromatic amines is 1. The van der Waals surface area contributed by atoms with Gasteiger partial charge in [-0.15, -0.1) is 6.42 Å². The molecule has 20 heavy (non-hydrogen) atoms. The van der Waals surface area contributed by atoms with Crippen LogP contribution in [-0.2, 0) is 20.7 Å². The minimum atomic E-state index is -0.495. The first-order valence-electron chi connectivity index (χ1n) is 5.55. The summed E-state index contributed by atoms with van der Waals surface area (Å²) in [7, 11) is 1.25.